The van der Waals surface area contributed by atoms with Crippen molar-refractivity contribution in [3.8, 4) is 5.88 Å². The average molecular weight is 364 g/mol. The lowest BCUT2D eigenvalue weighted by Crippen LogP contribution is -2.17. The molecule has 25 heavy (non-hydrogen) atoms. The van der Waals surface area contributed by atoms with Gasteiger partial charge in [0.05, 0.1) is 23.7 Å². The van der Waals surface area contributed by atoms with Gasteiger partial charge in [-0.2, -0.15) is 0 Å². The monoisotopic (exact) mass is 363 g/mol. The lowest BCUT2D eigenvalue weighted by Gasteiger charge is -2.12. The van der Waals surface area contributed by atoms with Crippen molar-refractivity contribution in [2.75, 3.05) is 18.5 Å². The smallest absolute Gasteiger partial charge is 0.269 e. The van der Waals surface area contributed by atoms with E-state index in [1.165, 1.54) is 36.5 Å². The Morgan fingerprint density at radius 1 is 1.40 bits per heavy atom. The minimum Gasteiger partial charge on any atom is -0.471 e. The van der Waals surface area contributed by atoms with Crippen LogP contribution in [0.5, 0.6) is 5.88 Å². The maximum atomic E-state index is 12.2. The molecule has 1 saturated heterocycles. The van der Waals surface area contributed by atoms with Gasteiger partial charge in [-0.25, -0.2) is 4.98 Å². The van der Waals surface area contributed by atoms with Crippen LogP contribution in [0.25, 0.3) is 0 Å². The van der Waals surface area contributed by atoms with E-state index in [0.29, 0.717) is 18.9 Å². The van der Waals surface area contributed by atoms with Gasteiger partial charge in [0, 0.05) is 30.4 Å². The quantitative estimate of drug-likeness (QED) is 0.646. The van der Waals surface area contributed by atoms with E-state index in [4.69, 9.17) is 21.1 Å². The van der Waals surface area contributed by atoms with E-state index >= 15 is 0 Å². The van der Waals surface area contributed by atoms with Gasteiger partial charge >= 0.3 is 0 Å². The lowest BCUT2D eigenvalue weighted by molar-refractivity contribution is -0.384. The number of pyridine rings is 1. The zero-order chi connectivity index (χ0) is 17.8. The first kappa shape index (κ1) is 17.1. The molecule has 3 rings (SSSR count). The van der Waals surface area contributed by atoms with Crippen molar-refractivity contribution in [2.24, 2.45) is 0 Å². The predicted molar refractivity (Wildman–Crippen MR) is 90.1 cm³/mol. The predicted octanol–water partition coefficient (Wildman–Crippen LogP) is 3.06. The molecule has 0 spiro atoms. The second-order valence-corrected chi connectivity index (χ2v) is 5.78. The molecule has 0 bridgehead atoms. The van der Waals surface area contributed by atoms with Gasteiger partial charge in [-0.1, -0.05) is 11.6 Å². The molecule has 1 unspecified atom stereocenters. The standard InChI is InChI=1S/C16H14ClN3O5/c17-14-7-10(8-18-16(14)25-13-5-6-24-9-13)15(21)19-11-1-3-12(4-2-11)20(22)23/h1-4,7-8,13H,5-6,9H2,(H,19,21). The lowest BCUT2D eigenvalue weighted by atomic mass is 10.2. The summed E-state index contributed by atoms with van der Waals surface area (Å²) in [6.07, 6.45) is 2.03. The van der Waals surface area contributed by atoms with Crippen LogP contribution < -0.4 is 10.1 Å². The van der Waals surface area contributed by atoms with Gasteiger partial charge in [-0.3, -0.25) is 14.9 Å². The molecule has 2 heterocycles. The summed E-state index contributed by atoms with van der Waals surface area (Å²) in [4.78, 5) is 26.4. The summed E-state index contributed by atoms with van der Waals surface area (Å²) >= 11 is 6.13. The van der Waals surface area contributed by atoms with Crippen LogP contribution in [0, 0.1) is 10.1 Å². The molecular weight excluding hydrogens is 350 g/mol. The second kappa shape index (κ2) is 7.45. The van der Waals surface area contributed by atoms with E-state index in [0.717, 1.165) is 6.42 Å². The highest BCUT2D eigenvalue weighted by atomic mass is 35.5. The van der Waals surface area contributed by atoms with Gasteiger partial charge < -0.3 is 14.8 Å². The molecule has 9 heteroatoms. The van der Waals surface area contributed by atoms with Crippen molar-refractivity contribution in [2.45, 2.75) is 12.5 Å². The highest BCUT2D eigenvalue weighted by Crippen LogP contribution is 2.25. The van der Waals surface area contributed by atoms with Crippen LogP contribution in [0.4, 0.5) is 11.4 Å². The zero-order valence-corrected chi connectivity index (χ0v) is 13.7. The Morgan fingerprint density at radius 2 is 2.16 bits per heavy atom. The SMILES string of the molecule is O=C(Nc1ccc([N+](=O)[O-])cc1)c1cnc(OC2CCOC2)c(Cl)c1. The van der Waals surface area contributed by atoms with Crippen molar-refractivity contribution in [1.29, 1.82) is 0 Å². The number of nitro groups is 1. The molecule has 8 nitrogen and oxygen atoms in total. The van der Waals surface area contributed by atoms with E-state index in [1.54, 1.807) is 0 Å². The van der Waals surface area contributed by atoms with Gasteiger partial charge in [-0.15, -0.1) is 0 Å². The number of aromatic nitrogens is 1. The van der Waals surface area contributed by atoms with Crippen LogP contribution in [0.3, 0.4) is 0 Å². The maximum Gasteiger partial charge on any atom is 0.269 e. The van der Waals surface area contributed by atoms with E-state index < -0.39 is 10.8 Å². The second-order valence-electron chi connectivity index (χ2n) is 5.37. The van der Waals surface area contributed by atoms with E-state index in [9.17, 15) is 14.9 Å². The van der Waals surface area contributed by atoms with Crippen molar-refractivity contribution in [3.05, 3.63) is 57.2 Å². The topological polar surface area (TPSA) is 104 Å². The van der Waals surface area contributed by atoms with Crippen LogP contribution in [-0.4, -0.2) is 35.1 Å². The number of carbonyl (C=O) groups is 1. The molecule has 0 saturated carbocycles. The van der Waals surface area contributed by atoms with E-state index in [2.05, 4.69) is 10.3 Å². The number of nitrogens with zero attached hydrogens (tertiary/aromatic N) is 2. The summed E-state index contributed by atoms with van der Waals surface area (Å²) in [7, 11) is 0. The fraction of sp³-hybridized carbons (Fsp3) is 0.250. The molecule has 130 valence electrons. The van der Waals surface area contributed by atoms with E-state index in [1.807, 2.05) is 0 Å². The average Bonchev–Trinajstić information content (AvgIpc) is 3.10. The maximum absolute atomic E-state index is 12.2. The third kappa shape index (κ3) is 4.23. The number of hydrogen-bond donors (Lipinski definition) is 1. The Balaban J connectivity index is 1.67. The molecule has 1 aromatic carbocycles. The summed E-state index contributed by atoms with van der Waals surface area (Å²) in [5, 5.41) is 13.5. The number of amides is 1. The molecule has 2 aromatic rings. The van der Waals surface area contributed by atoms with E-state index in [-0.39, 0.29) is 28.3 Å². The number of rotatable bonds is 5. The van der Waals surface area contributed by atoms with Crippen molar-refractivity contribution in [3.63, 3.8) is 0 Å². The molecule has 1 fully saturated rings. The normalized spacial score (nSPS) is 16.4. The molecule has 1 aromatic heterocycles. The van der Waals surface area contributed by atoms with Gasteiger partial charge in [-0.05, 0) is 18.2 Å². The Labute approximate surface area is 147 Å². The van der Waals surface area contributed by atoms with Crippen LogP contribution in [0.2, 0.25) is 5.02 Å². The first-order chi connectivity index (χ1) is 12.0. The molecule has 1 atom stereocenters. The fourth-order valence-corrected chi connectivity index (χ4v) is 2.48. The summed E-state index contributed by atoms with van der Waals surface area (Å²) in [6.45, 7) is 1.12. The molecule has 1 amide bonds. The molecule has 0 aliphatic carbocycles. The van der Waals surface area contributed by atoms with Crippen LogP contribution in [-0.2, 0) is 4.74 Å². The molecular formula is C16H14ClN3O5. The number of carbonyl (C=O) groups excluding carboxylic acids is 1. The van der Waals surface area contributed by atoms with Crippen molar-refractivity contribution in [1.82, 2.24) is 4.98 Å². The van der Waals surface area contributed by atoms with Gasteiger partial charge in [0.25, 0.3) is 11.6 Å². The van der Waals surface area contributed by atoms with Gasteiger partial charge in [0.1, 0.15) is 11.1 Å². The summed E-state index contributed by atoms with van der Waals surface area (Å²) in [5.74, 6) is -0.178. The van der Waals surface area contributed by atoms with Gasteiger partial charge in [0.15, 0.2) is 0 Å². The molecule has 0 radical (unpaired) electrons. The summed E-state index contributed by atoms with van der Waals surface area (Å²) in [5.41, 5.74) is 0.619. The molecule has 1 aliphatic heterocycles. The first-order valence-corrected chi connectivity index (χ1v) is 7.86. The van der Waals surface area contributed by atoms with Crippen LogP contribution in [0.1, 0.15) is 16.8 Å². The number of anilines is 1. The largest absolute Gasteiger partial charge is 0.471 e. The highest BCUT2D eigenvalue weighted by Gasteiger charge is 2.20. The third-order valence-corrected chi connectivity index (χ3v) is 3.84. The summed E-state index contributed by atoms with van der Waals surface area (Å²) in [6, 6.07) is 6.97. The number of benzene rings is 1. The number of hydrogen-bond acceptors (Lipinski definition) is 6. The Morgan fingerprint density at radius 3 is 2.76 bits per heavy atom. The first-order valence-electron chi connectivity index (χ1n) is 7.48. The Hall–Kier alpha value is -2.71. The number of nitrogens with one attached hydrogen (secondary N) is 1. The Bertz CT molecular complexity index is 791. The number of halogens is 1. The minimum atomic E-state index is -0.511. The van der Waals surface area contributed by atoms with Crippen molar-refractivity contribution >= 4 is 28.9 Å². The molecule has 1 N–H and O–H groups in total. The zero-order valence-electron chi connectivity index (χ0n) is 13.0. The van der Waals surface area contributed by atoms with Crippen LogP contribution >= 0.6 is 11.6 Å². The third-order valence-electron chi connectivity index (χ3n) is 3.57. The minimum absolute atomic E-state index is 0.0555. The summed E-state index contributed by atoms with van der Waals surface area (Å²) < 4.78 is 10.8. The fourth-order valence-electron chi connectivity index (χ4n) is 2.27. The number of non-ortho nitro benzene ring substituents is 1. The van der Waals surface area contributed by atoms with Crippen molar-refractivity contribution < 1.29 is 19.2 Å². The van der Waals surface area contributed by atoms with Gasteiger partial charge in [0.2, 0.25) is 5.88 Å². The molecule has 1 aliphatic rings. The number of nitro benzene ring substituents is 1. The number of ether oxygens (including phenoxy) is 2. The Kier molecular flexibility index (Phi) is 5.11. The highest BCUT2D eigenvalue weighted by molar-refractivity contribution is 6.32. The van der Waals surface area contributed by atoms with Crippen LogP contribution in [0.15, 0.2) is 36.5 Å².